The first kappa shape index (κ1) is 10.6. The molecule has 2 rings (SSSR count). The molecule has 1 aromatic heterocycles. The first-order valence-corrected chi connectivity index (χ1v) is 5.20. The highest BCUT2D eigenvalue weighted by atomic mass is 16.1. The van der Waals surface area contributed by atoms with E-state index in [1.54, 1.807) is 6.20 Å². The van der Waals surface area contributed by atoms with Crippen LogP contribution in [0, 0.1) is 20.8 Å². The molecule has 0 aliphatic carbocycles. The van der Waals surface area contributed by atoms with Gasteiger partial charge in [-0.3, -0.25) is 4.79 Å². The van der Waals surface area contributed by atoms with E-state index in [4.69, 9.17) is 0 Å². The molecule has 3 nitrogen and oxygen atoms in total. The van der Waals surface area contributed by atoms with E-state index < -0.39 is 0 Å². The molecule has 0 radical (unpaired) electrons. The van der Waals surface area contributed by atoms with E-state index in [0.717, 1.165) is 11.1 Å². The van der Waals surface area contributed by atoms with Gasteiger partial charge in [0.15, 0.2) is 0 Å². The summed E-state index contributed by atoms with van der Waals surface area (Å²) < 4.78 is 0. The SMILES string of the molecule is Cc1cc(C)c(-c2cnc[nH]c2=O)cc1C. The molecule has 0 fully saturated rings. The van der Waals surface area contributed by atoms with Gasteiger partial charge in [0.25, 0.3) is 5.56 Å². The largest absolute Gasteiger partial charge is 0.313 e. The number of benzene rings is 1. The summed E-state index contributed by atoms with van der Waals surface area (Å²) in [6.45, 7) is 6.12. The third kappa shape index (κ3) is 1.76. The van der Waals surface area contributed by atoms with Gasteiger partial charge >= 0.3 is 0 Å². The van der Waals surface area contributed by atoms with Gasteiger partial charge in [0.05, 0.1) is 11.9 Å². The topological polar surface area (TPSA) is 45.8 Å². The fourth-order valence-electron chi connectivity index (χ4n) is 1.79. The predicted octanol–water partition coefficient (Wildman–Crippen LogP) is 2.36. The molecule has 82 valence electrons. The number of hydrogen-bond acceptors (Lipinski definition) is 2. The lowest BCUT2D eigenvalue weighted by Gasteiger charge is -2.08. The number of aryl methyl sites for hydroxylation is 3. The average molecular weight is 214 g/mol. The van der Waals surface area contributed by atoms with Crippen molar-refractivity contribution >= 4 is 0 Å². The highest BCUT2D eigenvalue weighted by Crippen LogP contribution is 2.23. The molecule has 0 saturated heterocycles. The Morgan fingerprint density at radius 2 is 1.69 bits per heavy atom. The van der Waals surface area contributed by atoms with Crippen molar-refractivity contribution < 1.29 is 0 Å². The fraction of sp³-hybridized carbons (Fsp3) is 0.231. The van der Waals surface area contributed by atoms with Crippen molar-refractivity contribution in [2.75, 3.05) is 0 Å². The molecule has 3 heteroatoms. The number of nitrogens with one attached hydrogen (secondary N) is 1. The average Bonchev–Trinajstić information content (AvgIpc) is 2.25. The van der Waals surface area contributed by atoms with Crippen LogP contribution in [-0.2, 0) is 0 Å². The molecule has 0 amide bonds. The molecule has 0 spiro atoms. The van der Waals surface area contributed by atoms with E-state index in [0.29, 0.717) is 5.56 Å². The zero-order valence-electron chi connectivity index (χ0n) is 9.66. The molecule has 1 aromatic carbocycles. The monoisotopic (exact) mass is 214 g/mol. The van der Waals surface area contributed by atoms with Crippen molar-refractivity contribution in [1.82, 2.24) is 9.97 Å². The zero-order valence-corrected chi connectivity index (χ0v) is 9.66. The quantitative estimate of drug-likeness (QED) is 0.792. The molecule has 0 unspecified atom stereocenters. The summed E-state index contributed by atoms with van der Waals surface area (Å²) in [6.07, 6.45) is 3.01. The van der Waals surface area contributed by atoms with E-state index >= 15 is 0 Å². The fourth-order valence-corrected chi connectivity index (χ4v) is 1.79. The lowest BCUT2D eigenvalue weighted by atomic mass is 9.97. The van der Waals surface area contributed by atoms with Crippen molar-refractivity contribution in [2.24, 2.45) is 0 Å². The first-order valence-electron chi connectivity index (χ1n) is 5.20. The Balaban J connectivity index is 2.70. The maximum absolute atomic E-state index is 11.7. The van der Waals surface area contributed by atoms with Crippen molar-refractivity contribution in [2.45, 2.75) is 20.8 Å². The molecule has 0 bridgehead atoms. The molecular formula is C13H14N2O. The number of hydrogen-bond donors (Lipinski definition) is 1. The van der Waals surface area contributed by atoms with Gasteiger partial charge in [-0.1, -0.05) is 12.1 Å². The number of nitrogens with zero attached hydrogens (tertiary/aromatic N) is 1. The molecule has 2 aromatic rings. The van der Waals surface area contributed by atoms with E-state index in [1.807, 2.05) is 19.9 Å². The third-order valence-electron chi connectivity index (χ3n) is 2.85. The van der Waals surface area contributed by atoms with Gasteiger partial charge in [0.1, 0.15) is 0 Å². The number of aromatic amines is 1. The van der Waals surface area contributed by atoms with Crippen LogP contribution in [0.3, 0.4) is 0 Å². The summed E-state index contributed by atoms with van der Waals surface area (Å²) in [4.78, 5) is 18.2. The van der Waals surface area contributed by atoms with Crippen LogP contribution >= 0.6 is 0 Å². The summed E-state index contributed by atoms with van der Waals surface area (Å²) in [5.74, 6) is 0. The molecule has 0 aliphatic heterocycles. The minimum atomic E-state index is -0.0960. The normalized spacial score (nSPS) is 10.4. The Morgan fingerprint density at radius 1 is 1.00 bits per heavy atom. The second-order valence-corrected chi connectivity index (χ2v) is 4.05. The van der Waals surface area contributed by atoms with E-state index in [1.165, 1.54) is 17.5 Å². The van der Waals surface area contributed by atoms with Crippen molar-refractivity contribution in [3.05, 3.63) is 51.7 Å². The summed E-state index contributed by atoms with van der Waals surface area (Å²) in [5, 5.41) is 0. The van der Waals surface area contributed by atoms with E-state index in [2.05, 4.69) is 23.0 Å². The Bertz CT molecular complexity index is 585. The van der Waals surface area contributed by atoms with Crippen LogP contribution in [0.25, 0.3) is 11.1 Å². The molecule has 0 atom stereocenters. The smallest absolute Gasteiger partial charge is 0.258 e. The van der Waals surface area contributed by atoms with Crippen LogP contribution in [0.15, 0.2) is 29.5 Å². The van der Waals surface area contributed by atoms with Crippen LogP contribution in [-0.4, -0.2) is 9.97 Å². The van der Waals surface area contributed by atoms with Crippen LogP contribution < -0.4 is 5.56 Å². The van der Waals surface area contributed by atoms with Gasteiger partial charge in [0, 0.05) is 6.20 Å². The van der Waals surface area contributed by atoms with Crippen molar-refractivity contribution in [3.8, 4) is 11.1 Å². The maximum Gasteiger partial charge on any atom is 0.258 e. The van der Waals surface area contributed by atoms with Crippen LogP contribution in [0.4, 0.5) is 0 Å². The van der Waals surface area contributed by atoms with Crippen LogP contribution in [0.5, 0.6) is 0 Å². The Kier molecular flexibility index (Phi) is 2.60. The summed E-state index contributed by atoms with van der Waals surface area (Å²) in [7, 11) is 0. The molecular weight excluding hydrogens is 200 g/mol. The Hall–Kier alpha value is -1.90. The predicted molar refractivity (Wildman–Crippen MR) is 64.5 cm³/mol. The number of H-pyrrole nitrogens is 1. The molecule has 0 aliphatic rings. The van der Waals surface area contributed by atoms with Gasteiger partial charge in [-0.15, -0.1) is 0 Å². The Labute approximate surface area is 94.2 Å². The Morgan fingerprint density at radius 3 is 2.38 bits per heavy atom. The zero-order chi connectivity index (χ0) is 11.7. The van der Waals surface area contributed by atoms with Gasteiger partial charge < -0.3 is 4.98 Å². The second-order valence-electron chi connectivity index (χ2n) is 4.05. The first-order chi connectivity index (χ1) is 7.59. The van der Waals surface area contributed by atoms with Gasteiger partial charge in [-0.2, -0.15) is 0 Å². The lowest BCUT2D eigenvalue weighted by molar-refractivity contribution is 1.12. The second kappa shape index (κ2) is 3.93. The summed E-state index contributed by atoms with van der Waals surface area (Å²) >= 11 is 0. The van der Waals surface area contributed by atoms with Gasteiger partial charge in [0.2, 0.25) is 0 Å². The van der Waals surface area contributed by atoms with Crippen molar-refractivity contribution in [1.29, 1.82) is 0 Å². The van der Waals surface area contributed by atoms with Crippen LogP contribution in [0.2, 0.25) is 0 Å². The minimum Gasteiger partial charge on any atom is -0.313 e. The van der Waals surface area contributed by atoms with Gasteiger partial charge in [-0.05, 0) is 43.0 Å². The minimum absolute atomic E-state index is 0.0960. The van der Waals surface area contributed by atoms with Gasteiger partial charge in [-0.25, -0.2) is 4.98 Å². The molecule has 16 heavy (non-hydrogen) atoms. The van der Waals surface area contributed by atoms with Crippen LogP contribution in [0.1, 0.15) is 16.7 Å². The molecule has 1 heterocycles. The highest BCUT2D eigenvalue weighted by molar-refractivity contribution is 5.67. The van der Waals surface area contributed by atoms with E-state index in [-0.39, 0.29) is 5.56 Å². The van der Waals surface area contributed by atoms with Crippen molar-refractivity contribution in [3.63, 3.8) is 0 Å². The summed E-state index contributed by atoms with van der Waals surface area (Å²) in [6, 6.07) is 4.13. The third-order valence-corrected chi connectivity index (χ3v) is 2.85. The highest BCUT2D eigenvalue weighted by Gasteiger charge is 2.07. The maximum atomic E-state index is 11.7. The van der Waals surface area contributed by atoms with E-state index in [9.17, 15) is 4.79 Å². The number of rotatable bonds is 1. The summed E-state index contributed by atoms with van der Waals surface area (Å²) in [5.41, 5.74) is 5.01. The number of aromatic nitrogens is 2. The standard InChI is InChI=1S/C13H14N2O/c1-8-4-10(3)11(5-9(8)2)12-6-14-7-15-13(12)16/h4-7H,1-3H3,(H,14,15,16). The molecule has 0 saturated carbocycles. The lowest BCUT2D eigenvalue weighted by Crippen LogP contribution is -2.09. The molecule has 1 N–H and O–H groups in total.